The number of benzene rings is 1. The van der Waals surface area contributed by atoms with Crippen molar-refractivity contribution in [2.75, 3.05) is 16.4 Å². The SMILES string of the molecule is CCC(C)Nc1ncnc(Nc2cccc3nc(C)ccc23)c1N. The maximum Gasteiger partial charge on any atom is 0.159 e. The minimum Gasteiger partial charge on any atom is -0.393 e. The molecule has 2 aromatic heterocycles. The molecule has 0 saturated carbocycles. The van der Waals surface area contributed by atoms with E-state index in [0.717, 1.165) is 28.7 Å². The molecule has 0 bridgehead atoms. The Morgan fingerprint density at radius 2 is 1.92 bits per heavy atom. The summed E-state index contributed by atoms with van der Waals surface area (Å²) >= 11 is 0. The van der Waals surface area contributed by atoms with Gasteiger partial charge in [0.25, 0.3) is 0 Å². The van der Waals surface area contributed by atoms with Crippen LogP contribution in [0.3, 0.4) is 0 Å². The molecule has 6 heteroatoms. The van der Waals surface area contributed by atoms with Gasteiger partial charge < -0.3 is 16.4 Å². The van der Waals surface area contributed by atoms with E-state index in [1.807, 2.05) is 31.2 Å². The molecule has 3 rings (SSSR count). The Labute approximate surface area is 141 Å². The van der Waals surface area contributed by atoms with Crippen molar-refractivity contribution < 1.29 is 0 Å². The van der Waals surface area contributed by atoms with Gasteiger partial charge in [0.15, 0.2) is 11.6 Å². The molecule has 6 nitrogen and oxygen atoms in total. The summed E-state index contributed by atoms with van der Waals surface area (Å²) in [5, 5.41) is 7.64. The quantitative estimate of drug-likeness (QED) is 0.661. The van der Waals surface area contributed by atoms with Gasteiger partial charge in [-0.2, -0.15) is 0 Å². The lowest BCUT2D eigenvalue weighted by Gasteiger charge is -2.16. The van der Waals surface area contributed by atoms with Gasteiger partial charge in [0.1, 0.15) is 12.0 Å². The lowest BCUT2D eigenvalue weighted by atomic mass is 10.1. The molecule has 1 aromatic carbocycles. The largest absolute Gasteiger partial charge is 0.393 e. The van der Waals surface area contributed by atoms with Gasteiger partial charge in [-0.3, -0.25) is 4.98 Å². The molecule has 0 amide bonds. The highest BCUT2D eigenvalue weighted by molar-refractivity contribution is 5.94. The summed E-state index contributed by atoms with van der Waals surface area (Å²) in [5.41, 5.74) is 9.59. The van der Waals surface area contributed by atoms with E-state index < -0.39 is 0 Å². The van der Waals surface area contributed by atoms with E-state index in [1.165, 1.54) is 6.33 Å². The van der Waals surface area contributed by atoms with Crippen LogP contribution < -0.4 is 16.4 Å². The summed E-state index contributed by atoms with van der Waals surface area (Å²) in [4.78, 5) is 13.1. The number of aryl methyl sites for hydroxylation is 1. The second kappa shape index (κ2) is 6.70. The first-order valence-electron chi connectivity index (χ1n) is 8.09. The van der Waals surface area contributed by atoms with E-state index in [4.69, 9.17) is 5.73 Å². The summed E-state index contributed by atoms with van der Waals surface area (Å²) in [7, 11) is 0. The van der Waals surface area contributed by atoms with E-state index >= 15 is 0 Å². The van der Waals surface area contributed by atoms with Gasteiger partial charge in [-0.15, -0.1) is 0 Å². The van der Waals surface area contributed by atoms with Gasteiger partial charge in [-0.25, -0.2) is 9.97 Å². The van der Waals surface area contributed by atoms with Crippen molar-refractivity contribution >= 4 is 33.9 Å². The van der Waals surface area contributed by atoms with Crippen molar-refractivity contribution in [3.8, 4) is 0 Å². The van der Waals surface area contributed by atoms with Crippen LogP contribution >= 0.6 is 0 Å². The fraction of sp³-hybridized carbons (Fsp3) is 0.278. The molecule has 0 aliphatic heterocycles. The minimum atomic E-state index is 0.291. The number of nitrogens with two attached hydrogens (primary N) is 1. The number of anilines is 4. The number of hydrogen-bond donors (Lipinski definition) is 3. The van der Waals surface area contributed by atoms with Crippen LogP contribution in [0.15, 0.2) is 36.7 Å². The van der Waals surface area contributed by atoms with Crippen LogP contribution in [0.2, 0.25) is 0 Å². The standard InChI is InChI=1S/C18H22N6/c1-4-11(2)23-17-16(19)18(21-10-20-17)24-15-7-5-6-14-13(15)9-8-12(3)22-14/h5-11H,4,19H2,1-3H3,(H2,20,21,23,24). The van der Waals surface area contributed by atoms with Gasteiger partial charge in [0.05, 0.1) is 5.52 Å². The minimum absolute atomic E-state index is 0.291. The zero-order valence-corrected chi connectivity index (χ0v) is 14.2. The first-order chi connectivity index (χ1) is 11.6. The predicted molar refractivity (Wildman–Crippen MR) is 99.6 cm³/mol. The van der Waals surface area contributed by atoms with Crippen molar-refractivity contribution in [2.24, 2.45) is 0 Å². The molecule has 0 aliphatic carbocycles. The fourth-order valence-electron chi connectivity index (χ4n) is 2.44. The Bertz CT molecular complexity index is 861. The zero-order valence-electron chi connectivity index (χ0n) is 14.2. The third-order valence-corrected chi connectivity index (χ3v) is 4.00. The zero-order chi connectivity index (χ0) is 17.1. The molecular weight excluding hydrogens is 300 g/mol. The second-order valence-electron chi connectivity index (χ2n) is 5.89. The Hall–Kier alpha value is -2.89. The van der Waals surface area contributed by atoms with Crippen molar-refractivity contribution in [3.63, 3.8) is 0 Å². The molecule has 0 fully saturated rings. The van der Waals surface area contributed by atoms with E-state index in [1.54, 1.807) is 0 Å². The Morgan fingerprint density at radius 3 is 2.71 bits per heavy atom. The Morgan fingerprint density at radius 1 is 1.12 bits per heavy atom. The molecule has 4 N–H and O–H groups in total. The topological polar surface area (TPSA) is 88.8 Å². The monoisotopic (exact) mass is 322 g/mol. The van der Waals surface area contributed by atoms with Gasteiger partial charge in [0.2, 0.25) is 0 Å². The third kappa shape index (κ3) is 3.22. The molecule has 0 spiro atoms. The third-order valence-electron chi connectivity index (χ3n) is 4.00. The first kappa shape index (κ1) is 16.0. The summed E-state index contributed by atoms with van der Waals surface area (Å²) in [5.74, 6) is 1.24. The average Bonchev–Trinajstić information content (AvgIpc) is 2.58. The summed E-state index contributed by atoms with van der Waals surface area (Å²) in [6.45, 7) is 6.18. The highest BCUT2D eigenvalue weighted by Crippen LogP contribution is 2.30. The van der Waals surface area contributed by atoms with E-state index in [2.05, 4.69) is 45.5 Å². The maximum atomic E-state index is 6.24. The van der Waals surface area contributed by atoms with Gasteiger partial charge >= 0.3 is 0 Å². The molecule has 24 heavy (non-hydrogen) atoms. The van der Waals surface area contributed by atoms with Crippen molar-refractivity contribution in [3.05, 3.63) is 42.4 Å². The number of nitrogens with zero attached hydrogens (tertiary/aromatic N) is 3. The maximum absolute atomic E-state index is 6.24. The molecule has 124 valence electrons. The molecule has 3 aromatic rings. The van der Waals surface area contributed by atoms with Crippen LogP contribution in [0.4, 0.5) is 23.0 Å². The molecule has 0 radical (unpaired) electrons. The number of nitrogens with one attached hydrogen (secondary N) is 2. The van der Waals surface area contributed by atoms with E-state index in [0.29, 0.717) is 23.4 Å². The lowest BCUT2D eigenvalue weighted by Crippen LogP contribution is -2.16. The van der Waals surface area contributed by atoms with Crippen molar-refractivity contribution in [1.82, 2.24) is 15.0 Å². The smallest absolute Gasteiger partial charge is 0.159 e. The average molecular weight is 322 g/mol. The lowest BCUT2D eigenvalue weighted by molar-refractivity contribution is 0.759. The van der Waals surface area contributed by atoms with Gasteiger partial charge in [-0.1, -0.05) is 13.0 Å². The molecule has 0 aliphatic rings. The summed E-state index contributed by atoms with van der Waals surface area (Å²) in [6, 6.07) is 10.3. The van der Waals surface area contributed by atoms with Crippen LogP contribution in [0.1, 0.15) is 26.0 Å². The molecule has 2 heterocycles. The van der Waals surface area contributed by atoms with Crippen molar-refractivity contribution in [2.45, 2.75) is 33.2 Å². The highest BCUT2D eigenvalue weighted by Gasteiger charge is 2.11. The number of aromatic nitrogens is 3. The van der Waals surface area contributed by atoms with Crippen molar-refractivity contribution in [1.29, 1.82) is 0 Å². The number of rotatable bonds is 5. The first-order valence-corrected chi connectivity index (χ1v) is 8.09. The predicted octanol–water partition coefficient (Wildman–Crippen LogP) is 3.87. The normalized spacial score (nSPS) is 12.1. The molecule has 1 unspecified atom stereocenters. The fourth-order valence-corrected chi connectivity index (χ4v) is 2.44. The highest BCUT2D eigenvalue weighted by atomic mass is 15.1. The molecular formula is C18H22N6. The summed E-state index contributed by atoms with van der Waals surface area (Å²) in [6.07, 6.45) is 2.50. The van der Waals surface area contributed by atoms with E-state index in [9.17, 15) is 0 Å². The number of fused-ring (bicyclic) bond motifs is 1. The van der Waals surface area contributed by atoms with Gasteiger partial charge in [-0.05, 0) is 44.5 Å². The molecule has 1 atom stereocenters. The second-order valence-corrected chi connectivity index (χ2v) is 5.89. The van der Waals surface area contributed by atoms with Crippen LogP contribution in [0.25, 0.3) is 10.9 Å². The molecule has 0 saturated heterocycles. The number of hydrogen-bond acceptors (Lipinski definition) is 6. The summed E-state index contributed by atoms with van der Waals surface area (Å²) < 4.78 is 0. The van der Waals surface area contributed by atoms with Crippen LogP contribution in [0, 0.1) is 6.92 Å². The van der Waals surface area contributed by atoms with Crippen LogP contribution in [-0.2, 0) is 0 Å². The van der Waals surface area contributed by atoms with Gasteiger partial charge in [0, 0.05) is 22.8 Å². The Balaban J connectivity index is 1.96. The van der Waals surface area contributed by atoms with Crippen LogP contribution in [-0.4, -0.2) is 21.0 Å². The van der Waals surface area contributed by atoms with Crippen LogP contribution in [0.5, 0.6) is 0 Å². The van der Waals surface area contributed by atoms with E-state index in [-0.39, 0.29) is 0 Å². The number of nitrogen functional groups attached to an aromatic ring is 1. The number of pyridine rings is 1. The Kier molecular flexibility index (Phi) is 4.46.